The predicted molar refractivity (Wildman–Crippen MR) is 90.1 cm³/mol. The van der Waals surface area contributed by atoms with Gasteiger partial charge in [0, 0.05) is 23.7 Å². The van der Waals surface area contributed by atoms with Crippen LogP contribution in [0.4, 0.5) is 11.5 Å². The molecule has 2 aliphatic heterocycles. The zero-order valence-corrected chi connectivity index (χ0v) is 14.3. The second-order valence-corrected chi connectivity index (χ2v) is 6.85. The minimum Gasteiger partial charge on any atom is -0.383 e. The normalized spacial score (nSPS) is 26.1. The summed E-state index contributed by atoms with van der Waals surface area (Å²) in [5.41, 5.74) is 7.99. The van der Waals surface area contributed by atoms with Crippen molar-refractivity contribution in [2.75, 3.05) is 17.6 Å². The molecule has 3 atom stereocenters. The number of ether oxygens (including phenoxy) is 1. The van der Waals surface area contributed by atoms with Gasteiger partial charge in [-0.15, -0.1) is 0 Å². The van der Waals surface area contributed by atoms with E-state index in [9.17, 15) is 9.59 Å². The number of likely N-dealkylation sites (tertiary alicyclic amines) is 1. The fraction of sp³-hybridized carbons (Fsp3) is 0.588. The molecule has 1 fully saturated rings. The summed E-state index contributed by atoms with van der Waals surface area (Å²) >= 11 is 0. The van der Waals surface area contributed by atoms with Crippen LogP contribution in [-0.2, 0) is 20.9 Å². The largest absolute Gasteiger partial charge is 0.383 e. The van der Waals surface area contributed by atoms with Crippen molar-refractivity contribution >= 4 is 23.3 Å². The smallest absolute Gasteiger partial charge is 0.313 e. The molecule has 0 saturated carbocycles. The number of nitrogen functional groups attached to an aromatic ring is 1. The van der Waals surface area contributed by atoms with Crippen LogP contribution in [-0.4, -0.2) is 34.3 Å². The standard InChI is InChI=1S/C17H24N4O3/c1-9-4-5-10(2)21(7-9)17(23)16(22)20-13-6-19-15(18)14-11(3)24-8-12(13)14/h6,9-11H,4-5,7-8H2,1-3H3,(H2,18,19)(H,20,22)/t9-,10-,11+/m0/s1. The molecule has 1 aromatic rings. The molecule has 0 aliphatic carbocycles. The van der Waals surface area contributed by atoms with Gasteiger partial charge in [-0.25, -0.2) is 4.98 Å². The predicted octanol–water partition coefficient (Wildman–Crippen LogP) is 1.84. The Hall–Kier alpha value is -2.15. The Bertz CT molecular complexity index is 676. The van der Waals surface area contributed by atoms with Crippen LogP contribution in [0.5, 0.6) is 0 Å². The molecule has 0 aromatic carbocycles. The number of aromatic nitrogens is 1. The Kier molecular flexibility index (Phi) is 4.45. The summed E-state index contributed by atoms with van der Waals surface area (Å²) in [4.78, 5) is 30.7. The summed E-state index contributed by atoms with van der Waals surface area (Å²) in [6.07, 6.45) is 3.33. The summed E-state index contributed by atoms with van der Waals surface area (Å²) in [6, 6.07) is 0.0815. The van der Waals surface area contributed by atoms with Gasteiger partial charge in [0.15, 0.2) is 0 Å². The maximum absolute atomic E-state index is 12.5. The zero-order chi connectivity index (χ0) is 17.4. The molecule has 2 aliphatic rings. The molecule has 2 amide bonds. The van der Waals surface area contributed by atoms with E-state index >= 15 is 0 Å². The van der Waals surface area contributed by atoms with Gasteiger partial charge in [0.1, 0.15) is 5.82 Å². The molecule has 24 heavy (non-hydrogen) atoms. The van der Waals surface area contributed by atoms with Gasteiger partial charge >= 0.3 is 11.8 Å². The lowest BCUT2D eigenvalue weighted by Gasteiger charge is -2.36. The lowest BCUT2D eigenvalue weighted by molar-refractivity contribution is -0.146. The van der Waals surface area contributed by atoms with E-state index in [4.69, 9.17) is 10.5 Å². The number of nitrogens with two attached hydrogens (primary N) is 1. The molecule has 3 heterocycles. The number of rotatable bonds is 1. The van der Waals surface area contributed by atoms with Crippen LogP contribution >= 0.6 is 0 Å². The van der Waals surface area contributed by atoms with Crippen molar-refractivity contribution in [2.45, 2.75) is 52.4 Å². The van der Waals surface area contributed by atoms with E-state index in [0.717, 1.165) is 24.0 Å². The Morgan fingerprint density at radius 1 is 1.33 bits per heavy atom. The molecule has 1 saturated heterocycles. The number of piperidine rings is 1. The third-order valence-electron chi connectivity index (χ3n) is 4.96. The van der Waals surface area contributed by atoms with Gasteiger partial charge < -0.3 is 20.7 Å². The van der Waals surface area contributed by atoms with Gasteiger partial charge in [-0.1, -0.05) is 6.92 Å². The van der Waals surface area contributed by atoms with Crippen LogP contribution in [0.15, 0.2) is 6.20 Å². The number of fused-ring (bicyclic) bond motifs is 1. The highest BCUT2D eigenvalue weighted by Crippen LogP contribution is 2.37. The molecular formula is C17H24N4O3. The fourth-order valence-electron chi connectivity index (χ4n) is 3.47. The first kappa shape index (κ1) is 16.7. The SMILES string of the molecule is C[C@H]1CC[C@H](C)N(C(=O)C(=O)Nc2cnc(N)c3c2CO[C@@H]3C)C1. The summed E-state index contributed by atoms with van der Waals surface area (Å²) in [7, 11) is 0. The molecule has 0 unspecified atom stereocenters. The van der Waals surface area contributed by atoms with Crippen LogP contribution in [0.3, 0.4) is 0 Å². The maximum Gasteiger partial charge on any atom is 0.313 e. The van der Waals surface area contributed by atoms with E-state index in [1.54, 1.807) is 4.90 Å². The molecule has 3 rings (SSSR count). The highest BCUT2D eigenvalue weighted by Gasteiger charge is 2.32. The van der Waals surface area contributed by atoms with Crippen LogP contribution in [0, 0.1) is 5.92 Å². The lowest BCUT2D eigenvalue weighted by atomic mass is 9.95. The number of carbonyl (C=O) groups is 2. The van der Waals surface area contributed by atoms with E-state index in [0.29, 0.717) is 30.6 Å². The van der Waals surface area contributed by atoms with E-state index in [1.807, 2.05) is 13.8 Å². The lowest BCUT2D eigenvalue weighted by Crippen LogP contribution is -2.49. The van der Waals surface area contributed by atoms with Gasteiger partial charge in [-0.3, -0.25) is 9.59 Å². The fourth-order valence-corrected chi connectivity index (χ4v) is 3.47. The molecule has 3 N–H and O–H groups in total. The third-order valence-corrected chi connectivity index (χ3v) is 4.96. The van der Waals surface area contributed by atoms with Crippen LogP contribution in [0.1, 0.15) is 50.8 Å². The minimum absolute atomic E-state index is 0.0815. The Labute approximate surface area is 141 Å². The van der Waals surface area contributed by atoms with Gasteiger partial charge in [0.05, 0.1) is 24.6 Å². The van der Waals surface area contributed by atoms with Crippen molar-refractivity contribution in [3.8, 4) is 0 Å². The Morgan fingerprint density at radius 2 is 2.08 bits per heavy atom. The summed E-state index contributed by atoms with van der Waals surface area (Å²) < 4.78 is 5.57. The number of amides is 2. The molecule has 7 nitrogen and oxygen atoms in total. The third kappa shape index (κ3) is 2.96. The van der Waals surface area contributed by atoms with E-state index in [2.05, 4.69) is 17.2 Å². The number of anilines is 2. The number of hydrogen-bond donors (Lipinski definition) is 2. The maximum atomic E-state index is 12.5. The van der Waals surface area contributed by atoms with Gasteiger partial charge in [-0.2, -0.15) is 0 Å². The second kappa shape index (κ2) is 6.39. The van der Waals surface area contributed by atoms with E-state index < -0.39 is 11.8 Å². The van der Waals surface area contributed by atoms with Crippen molar-refractivity contribution < 1.29 is 14.3 Å². The summed E-state index contributed by atoms with van der Waals surface area (Å²) in [5, 5.41) is 2.69. The van der Waals surface area contributed by atoms with Crippen molar-refractivity contribution in [3.63, 3.8) is 0 Å². The van der Waals surface area contributed by atoms with E-state index in [1.165, 1.54) is 6.20 Å². The highest BCUT2D eigenvalue weighted by atomic mass is 16.5. The van der Waals surface area contributed by atoms with Gasteiger partial charge in [0.2, 0.25) is 0 Å². The van der Waals surface area contributed by atoms with E-state index in [-0.39, 0.29) is 12.1 Å². The quantitative estimate of drug-likeness (QED) is 0.765. The Balaban J connectivity index is 1.77. The highest BCUT2D eigenvalue weighted by molar-refractivity contribution is 6.39. The number of hydrogen-bond acceptors (Lipinski definition) is 5. The van der Waals surface area contributed by atoms with Crippen molar-refractivity contribution in [2.24, 2.45) is 5.92 Å². The summed E-state index contributed by atoms with van der Waals surface area (Å²) in [5.74, 6) is -0.316. The number of nitrogens with zero attached hydrogens (tertiary/aromatic N) is 2. The van der Waals surface area contributed by atoms with Crippen LogP contribution in [0.2, 0.25) is 0 Å². The molecule has 0 bridgehead atoms. The topological polar surface area (TPSA) is 97.6 Å². The minimum atomic E-state index is -0.635. The van der Waals surface area contributed by atoms with Crippen molar-refractivity contribution in [3.05, 3.63) is 17.3 Å². The first-order chi connectivity index (χ1) is 11.4. The number of nitrogens with one attached hydrogen (secondary N) is 1. The Morgan fingerprint density at radius 3 is 2.83 bits per heavy atom. The molecular weight excluding hydrogens is 308 g/mol. The monoisotopic (exact) mass is 332 g/mol. The molecule has 1 aromatic heterocycles. The van der Waals surface area contributed by atoms with Crippen LogP contribution in [0.25, 0.3) is 0 Å². The summed E-state index contributed by atoms with van der Waals surface area (Å²) in [6.45, 7) is 6.93. The first-order valence-electron chi connectivity index (χ1n) is 8.39. The number of pyridine rings is 1. The number of carbonyl (C=O) groups excluding carboxylic acids is 2. The average molecular weight is 332 g/mol. The van der Waals surface area contributed by atoms with Gasteiger partial charge in [-0.05, 0) is 32.6 Å². The molecule has 7 heteroatoms. The zero-order valence-electron chi connectivity index (χ0n) is 14.3. The van der Waals surface area contributed by atoms with Crippen molar-refractivity contribution in [1.29, 1.82) is 0 Å². The molecule has 0 spiro atoms. The van der Waals surface area contributed by atoms with Gasteiger partial charge in [0.25, 0.3) is 0 Å². The van der Waals surface area contributed by atoms with Crippen molar-refractivity contribution in [1.82, 2.24) is 9.88 Å². The first-order valence-corrected chi connectivity index (χ1v) is 8.39. The van der Waals surface area contributed by atoms with Crippen LogP contribution < -0.4 is 11.1 Å². The molecule has 0 radical (unpaired) electrons. The molecule has 130 valence electrons. The average Bonchev–Trinajstić information content (AvgIpc) is 2.94. The second-order valence-electron chi connectivity index (χ2n) is 6.85.